The van der Waals surface area contributed by atoms with E-state index in [9.17, 15) is 8.42 Å². The highest BCUT2D eigenvalue weighted by molar-refractivity contribution is 7.89. The maximum atomic E-state index is 12.6. The first-order chi connectivity index (χ1) is 8.82. The lowest BCUT2D eigenvalue weighted by molar-refractivity contribution is 0.190. The van der Waals surface area contributed by atoms with Crippen molar-refractivity contribution in [1.82, 2.24) is 19.0 Å². The van der Waals surface area contributed by atoms with Crippen LogP contribution in [0, 0.1) is 0 Å². The molecule has 0 amide bonds. The van der Waals surface area contributed by atoms with Gasteiger partial charge in [-0.15, -0.1) is 0 Å². The van der Waals surface area contributed by atoms with Crippen molar-refractivity contribution in [3.8, 4) is 0 Å². The van der Waals surface area contributed by atoms with Gasteiger partial charge in [0, 0.05) is 32.4 Å². The maximum absolute atomic E-state index is 12.6. The summed E-state index contributed by atoms with van der Waals surface area (Å²) in [4.78, 5) is 2.17. The van der Waals surface area contributed by atoms with Crippen LogP contribution in [0.4, 0.5) is 5.82 Å². The predicted molar refractivity (Wildman–Crippen MR) is 73.1 cm³/mol. The first-order valence-corrected chi connectivity index (χ1v) is 7.72. The van der Waals surface area contributed by atoms with E-state index >= 15 is 0 Å². The second-order valence-electron chi connectivity index (χ2n) is 5.17. The Morgan fingerprint density at radius 3 is 2.68 bits per heavy atom. The minimum Gasteiger partial charge on any atom is -0.381 e. The number of hydrogen-bond donors (Lipinski definition) is 1. The van der Waals surface area contributed by atoms with E-state index < -0.39 is 10.0 Å². The summed E-state index contributed by atoms with van der Waals surface area (Å²) < 4.78 is 28.1. The van der Waals surface area contributed by atoms with Gasteiger partial charge in [0.25, 0.3) is 0 Å². The van der Waals surface area contributed by atoms with Gasteiger partial charge in [0.2, 0.25) is 10.0 Å². The van der Waals surface area contributed by atoms with Crippen LogP contribution in [0.3, 0.4) is 0 Å². The molecule has 7 nitrogen and oxygen atoms in total. The standard InChI is InChI=1S/C11H21N5O2S/c1-14(2)9-5-4-6-16(7-9)19(17,18)10-8-15(3)13-11(10)12/h8-9H,4-7H2,1-3H3,(H2,12,13). The Hall–Kier alpha value is -1.12. The molecule has 108 valence electrons. The summed E-state index contributed by atoms with van der Waals surface area (Å²) in [5, 5.41) is 3.90. The fourth-order valence-electron chi connectivity index (χ4n) is 2.38. The molecule has 2 N–H and O–H groups in total. The summed E-state index contributed by atoms with van der Waals surface area (Å²) in [6.45, 7) is 1.05. The Kier molecular flexibility index (Phi) is 3.84. The van der Waals surface area contributed by atoms with Crippen molar-refractivity contribution in [3.05, 3.63) is 6.20 Å². The number of piperidine rings is 1. The normalized spacial score (nSPS) is 22.0. The first kappa shape index (κ1) is 14.3. The minimum absolute atomic E-state index is 0.0643. The van der Waals surface area contributed by atoms with Gasteiger partial charge in [0.15, 0.2) is 5.82 Å². The van der Waals surface area contributed by atoms with E-state index in [4.69, 9.17) is 5.73 Å². The Labute approximate surface area is 114 Å². The number of aryl methyl sites for hydroxylation is 1. The molecule has 1 atom stereocenters. The maximum Gasteiger partial charge on any atom is 0.248 e. The summed E-state index contributed by atoms with van der Waals surface area (Å²) in [7, 11) is 2.06. The first-order valence-electron chi connectivity index (χ1n) is 6.28. The zero-order valence-corrected chi connectivity index (χ0v) is 12.4. The number of nitrogens with two attached hydrogens (primary N) is 1. The third kappa shape index (κ3) is 2.75. The highest BCUT2D eigenvalue weighted by Gasteiger charge is 2.33. The second-order valence-corrected chi connectivity index (χ2v) is 7.08. The van der Waals surface area contributed by atoms with E-state index in [0.29, 0.717) is 13.1 Å². The van der Waals surface area contributed by atoms with Gasteiger partial charge in [0.05, 0.1) is 0 Å². The number of hydrogen-bond acceptors (Lipinski definition) is 5. The average molecular weight is 287 g/mol. The zero-order valence-electron chi connectivity index (χ0n) is 11.6. The molecular formula is C11H21N5O2S. The van der Waals surface area contributed by atoms with Crippen LogP contribution >= 0.6 is 0 Å². The van der Waals surface area contributed by atoms with Crippen molar-refractivity contribution in [3.63, 3.8) is 0 Å². The van der Waals surface area contributed by atoms with Crippen LogP contribution in [-0.4, -0.2) is 60.6 Å². The van der Waals surface area contributed by atoms with Crippen LogP contribution in [0.5, 0.6) is 0 Å². The average Bonchev–Trinajstić information content (AvgIpc) is 2.69. The fraction of sp³-hybridized carbons (Fsp3) is 0.727. The molecule has 0 aliphatic carbocycles. The van der Waals surface area contributed by atoms with E-state index in [1.807, 2.05) is 14.1 Å². The van der Waals surface area contributed by atoms with E-state index in [2.05, 4.69) is 10.00 Å². The van der Waals surface area contributed by atoms with Crippen molar-refractivity contribution in [2.24, 2.45) is 7.05 Å². The van der Waals surface area contributed by atoms with Gasteiger partial charge >= 0.3 is 0 Å². The third-order valence-corrected chi connectivity index (χ3v) is 5.41. The second kappa shape index (κ2) is 5.10. The molecule has 2 rings (SSSR count). The highest BCUT2D eigenvalue weighted by Crippen LogP contribution is 2.25. The Morgan fingerprint density at radius 2 is 2.16 bits per heavy atom. The lowest BCUT2D eigenvalue weighted by Crippen LogP contribution is -2.47. The largest absolute Gasteiger partial charge is 0.381 e. The molecule has 1 saturated heterocycles. The number of sulfonamides is 1. The van der Waals surface area contributed by atoms with Gasteiger partial charge in [-0.1, -0.05) is 0 Å². The monoisotopic (exact) mass is 287 g/mol. The van der Waals surface area contributed by atoms with E-state index in [1.54, 1.807) is 7.05 Å². The Morgan fingerprint density at radius 1 is 1.47 bits per heavy atom. The smallest absolute Gasteiger partial charge is 0.248 e. The predicted octanol–water partition coefficient (Wildman–Crippen LogP) is -0.283. The Bertz CT molecular complexity index is 551. The van der Waals surface area contributed by atoms with Crippen LogP contribution in [-0.2, 0) is 17.1 Å². The van der Waals surface area contributed by atoms with Crippen molar-refractivity contribution in [1.29, 1.82) is 0 Å². The molecule has 0 bridgehead atoms. The lowest BCUT2D eigenvalue weighted by atomic mass is 10.1. The van der Waals surface area contributed by atoms with Crippen molar-refractivity contribution in [2.75, 3.05) is 32.9 Å². The molecule has 1 aromatic rings. The van der Waals surface area contributed by atoms with Crippen molar-refractivity contribution >= 4 is 15.8 Å². The minimum atomic E-state index is -3.54. The summed E-state index contributed by atoms with van der Waals surface area (Å²) >= 11 is 0. The molecule has 2 heterocycles. The van der Waals surface area contributed by atoms with E-state index in [1.165, 1.54) is 15.2 Å². The van der Waals surface area contributed by atoms with Gasteiger partial charge in [-0.25, -0.2) is 8.42 Å². The molecule has 1 fully saturated rings. The van der Waals surface area contributed by atoms with Gasteiger partial charge < -0.3 is 10.6 Å². The van der Waals surface area contributed by atoms with Crippen LogP contribution < -0.4 is 5.73 Å². The SMILES string of the molecule is CN(C)C1CCCN(S(=O)(=O)c2cn(C)nc2N)C1. The highest BCUT2D eigenvalue weighted by atomic mass is 32.2. The number of aromatic nitrogens is 2. The van der Waals surface area contributed by atoms with Crippen LogP contribution in [0.1, 0.15) is 12.8 Å². The Balaban J connectivity index is 2.27. The fourth-order valence-corrected chi connectivity index (χ4v) is 3.99. The molecule has 19 heavy (non-hydrogen) atoms. The molecule has 0 spiro atoms. The molecule has 0 saturated carbocycles. The van der Waals surface area contributed by atoms with Gasteiger partial charge in [-0.05, 0) is 26.9 Å². The zero-order chi connectivity index (χ0) is 14.2. The van der Waals surface area contributed by atoms with E-state index in [0.717, 1.165) is 12.8 Å². The molecule has 1 aliphatic heterocycles. The lowest BCUT2D eigenvalue weighted by Gasteiger charge is -2.35. The molecule has 0 radical (unpaired) electrons. The summed E-state index contributed by atoms with van der Waals surface area (Å²) in [6, 6.07) is 0.251. The number of nitrogen functional groups attached to an aromatic ring is 1. The quantitative estimate of drug-likeness (QED) is 0.826. The number of rotatable bonds is 3. The molecular weight excluding hydrogens is 266 g/mol. The van der Waals surface area contributed by atoms with Crippen LogP contribution in [0.15, 0.2) is 11.1 Å². The summed E-state index contributed by atoms with van der Waals surface area (Å²) in [6.07, 6.45) is 3.34. The van der Waals surface area contributed by atoms with Gasteiger partial charge in [-0.3, -0.25) is 4.68 Å². The number of anilines is 1. The van der Waals surface area contributed by atoms with Gasteiger partial charge in [0.1, 0.15) is 4.90 Å². The number of nitrogens with zero attached hydrogens (tertiary/aromatic N) is 4. The third-order valence-electron chi connectivity index (χ3n) is 3.53. The molecule has 0 aromatic carbocycles. The molecule has 1 aromatic heterocycles. The molecule has 8 heteroatoms. The van der Waals surface area contributed by atoms with Crippen molar-refractivity contribution in [2.45, 2.75) is 23.8 Å². The molecule has 1 unspecified atom stereocenters. The van der Waals surface area contributed by atoms with Crippen molar-refractivity contribution < 1.29 is 8.42 Å². The summed E-state index contributed by atoms with van der Waals surface area (Å²) in [5.41, 5.74) is 5.68. The summed E-state index contributed by atoms with van der Waals surface area (Å²) in [5.74, 6) is 0.0643. The topological polar surface area (TPSA) is 84.5 Å². The van der Waals surface area contributed by atoms with Gasteiger partial charge in [-0.2, -0.15) is 9.40 Å². The van der Waals surface area contributed by atoms with Crippen LogP contribution in [0.2, 0.25) is 0 Å². The van der Waals surface area contributed by atoms with Crippen LogP contribution in [0.25, 0.3) is 0 Å². The number of likely N-dealkylation sites (N-methyl/N-ethyl adjacent to an activating group) is 1. The molecule has 1 aliphatic rings. The van der Waals surface area contributed by atoms with E-state index in [-0.39, 0.29) is 16.8 Å².